The Kier molecular flexibility index (Phi) is 3.95. The van der Waals surface area contributed by atoms with Crippen molar-refractivity contribution in [3.8, 4) is 5.88 Å². The molecule has 0 amide bonds. The van der Waals surface area contributed by atoms with Gasteiger partial charge in [-0.2, -0.15) is 4.98 Å². The van der Waals surface area contributed by atoms with E-state index >= 15 is 0 Å². The normalized spacial score (nSPS) is 10.1. The van der Waals surface area contributed by atoms with Crippen LogP contribution in [0, 0.1) is 17.0 Å². The lowest BCUT2D eigenvalue weighted by Crippen LogP contribution is -2.10. The van der Waals surface area contributed by atoms with Crippen molar-refractivity contribution in [2.24, 2.45) is 0 Å². The zero-order chi connectivity index (χ0) is 12.1. The molecule has 0 bridgehead atoms. The molecule has 1 heterocycles. The average molecular weight is 228 g/mol. The maximum absolute atomic E-state index is 10.7. The predicted octanol–water partition coefficient (Wildman–Crippen LogP) is 0.301. The van der Waals surface area contributed by atoms with E-state index in [4.69, 9.17) is 15.2 Å². The van der Waals surface area contributed by atoms with Crippen molar-refractivity contribution in [1.82, 2.24) is 9.97 Å². The van der Waals surface area contributed by atoms with E-state index in [1.165, 1.54) is 7.11 Å². The van der Waals surface area contributed by atoms with Crippen LogP contribution in [0.1, 0.15) is 5.82 Å². The quantitative estimate of drug-likeness (QED) is 0.438. The van der Waals surface area contributed by atoms with Crippen LogP contribution in [-0.4, -0.2) is 35.2 Å². The SMILES string of the molecule is COCCOc1nc(C)nc(N)c1[N+](=O)[O-]. The van der Waals surface area contributed by atoms with Gasteiger partial charge in [-0.15, -0.1) is 0 Å². The minimum Gasteiger partial charge on any atom is -0.470 e. The van der Waals surface area contributed by atoms with Crippen LogP contribution in [0.5, 0.6) is 5.88 Å². The molecule has 0 unspecified atom stereocenters. The number of nitrogen functional groups attached to an aromatic ring is 1. The van der Waals surface area contributed by atoms with Crippen LogP contribution in [-0.2, 0) is 4.74 Å². The van der Waals surface area contributed by atoms with Crippen molar-refractivity contribution < 1.29 is 14.4 Å². The van der Waals surface area contributed by atoms with Crippen molar-refractivity contribution in [2.45, 2.75) is 6.92 Å². The molecular formula is C8H12N4O4. The maximum atomic E-state index is 10.7. The molecule has 2 N–H and O–H groups in total. The zero-order valence-corrected chi connectivity index (χ0v) is 8.97. The van der Waals surface area contributed by atoms with Crippen molar-refractivity contribution in [2.75, 3.05) is 26.1 Å². The Balaban J connectivity index is 2.99. The van der Waals surface area contributed by atoms with Gasteiger partial charge in [0.1, 0.15) is 12.4 Å². The molecule has 0 atom stereocenters. The van der Waals surface area contributed by atoms with Gasteiger partial charge in [0.05, 0.1) is 11.5 Å². The summed E-state index contributed by atoms with van der Waals surface area (Å²) in [6.45, 7) is 2.04. The highest BCUT2D eigenvalue weighted by Gasteiger charge is 2.23. The van der Waals surface area contributed by atoms with Crippen LogP contribution in [0.4, 0.5) is 11.5 Å². The number of rotatable bonds is 5. The van der Waals surface area contributed by atoms with E-state index in [9.17, 15) is 10.1 Å². The summed E-state index contributed by atoms with van der Waals surface area (Å²) in [5.41, 5.74) is 5.01. The summed E-state index contributed by atoms with van der Waals surface area (Å²) < 4.78 is 9.86. The summed E-state index contributed by atoms with van der Waals surface area (Å²) in [5.74, 6) is -0.0208. The first kappa shape index (κ1) is 12.1. The second-order valence-corrected chi connectivity index (χ2v) is 2.91. The van der Waals surface area contributed by atoms with Crippen LogP contribution >= 0.6 is 0 Å². The molecule has 0 aliphatic heterocycles. The van der Waals surface area contributed by atoms with Gasteiger partial charge in [0.15, 0.2) is 0 Å². The fourth-order valence-electron chi connectivity index (χ4n) is 1.06. The van der Waals surface area contributed by atoms with Gasteiger partial charge in [0.2, 0.25) is 5.82 Å². The van der Waals surface area contributed by atoms with E-state index < -0.39 is 10.6 Å². The monoisotopic (exact) mass is 228 g/mol. The molecule has 0 aliphatic rings. The van der Waals surface area contributed by atoms with Crippen molar-refractivity contribution >= 4 is 11.5 Å². The van der Waals surface area contributed by atoms with Gasteiger partial charge in [-0.05, 0) is 6.92 Å². The minimum atomic E-state index is -0.670. The highest BCUT2D eigenvalue weighted by Crippen LogP contribution is 2.29. The largest absolute Gasteiger partial charge is 0.470 e. The number of aryl methyl sites for hydroxylation is 1. The number of aromatic nitrogens is 2. The second-order valence-electron chi connectivity index (χ2n) is 2.91. The van der Waals surface area contributed by atoms with Crippen molar-refractivity contribution in [3.05, 3.63) is 15.9 Å². The standard InChI is InChI=1S/C8H12N4O4/c1-5-10-7(9)6(12(13)14)8(11-5)16-4-3-15-2/h3-4H2,1-2H3,(H2,9,10,11). The molecular weight excluding hydrogens is 216 g/mol. The second kappa shape index (κ2) is 5.21. The predicted molar refractivity (Wildman–Crippen MR) is 55.2 cm³/mol. The van der Waals surface area contributed by atoms with E-state index in [0.29, 0.717) is 12.4 Å². The van der Waals surface area contributed by atoms with Crippen LogP contribution in [0.25, 0.3) is 0 Å². The fraction of sp³-hybridized carbons (Fsp3) is 0.500. The van der Waals surface area contributed by atoms with Gasteiger partial charge in [-0.25, -0.2) is 4.98 Å². The van der Waals surface area contributed by atoms with Gasteiger partial charge in [-0.3, -0.25) is 10.1 Å². The molecule has 16 heavy (non-hydrogen) atoms. The van der Waals surface area contributed by atoms with Gasteiger partial charge >= 0.3 is 5.69 Å². The lowest BCUT2D eigenvalue weighted by atomic mass is 10.4. The van der Waals surface area contributed by atoms with E-state index in [1.807, 2.05) is 0 Å². The fourth-order valence-corrected chi connectivity index (χ4v) is 1.06. The summed E-state index contributed by atoms with van der Waals surface area (Å²) in [6.07, 6.45) is 0. The maximum Gasteiger partial charge on any atom is 0.372 e. The Hall–Kier alpha value is -1.96. The number of nitrogens with two attached hydrogens (primary N) is 1. The molecule has 8 nitrogen and oxygen atoms in total. The Morgan fingerprint density at radius 1 is 1.44 bits per heavy atom. The number of anilines is 1. The molecule has 0 fully saturated rings. The topological polar surface area (TPSA) is 113 Å². The van der Waals surface area contributed by atoms with E-state index in [0.717, 1.165) is 0 Å². The van der Waals surface area contributed by atoms with Crippen LogP contribution in [0.3, 0.4) is 0 Å². The Bertz CT molecular complexity index is 396. The third-order valence-electron chi connectivity index (χ3n) is 1.70. The van der Waals surface area contributed by atoms with Gasteiger partial charge in [0.25, 0.3) is 5.88 Å². The third-order valence-corrected chi connectivity index (χ3v) is 1.70. The molecule has 0 saturated heterocycles. The lowest BCUT2D eigenvalue weighted by molar-refractivity contribution is -0.385. The number of hydrogen-bond acceptors (Lipinski definition) is 7. The van der Waals surface area contributed by atoms with Crippen molar-refractivity contribution in [3.63, 3.8) is 0 Å². The number of methoxy groups -OCH3 is 1. The molecule has 88 valence electrons. The zero-order valence-electron chi connectivity index (χ0n) is 8.97. The molecule has 0 radical (unpaired) electrons. The Morgan fingerprint density at radius 3 is 2.69 bits per heavy atom. The first-order valence-corrected chi connectivity index (χ1v) is 4.46. The lowest BCUT2D eigenvalue weighted by Gasteiger charge is -2.06. The summed E-state index contributed by atoms with van der Waals surface area (Å²) >= 11 is 0. The highest BCUT2D eigenvalue weighted by molar-refractivity contribution is 5.58. The average Bonchev–Trinajstić information content (AvgIpc) is 2.16. The van der Waals surface area contributed by atoms with Crippen LogP contribution in [0.15, 0.2) is 0 Å². The molecule has 0 aromatic carbocycles. The minimum absolute atomic E-state index is 0.132. The summed E-state index contributed by atoms with van der Waals surface area (Å²) in [5, 5.41) is 10.7. The van der Waals surface area contributed by atoms with Gasteiger partial charge < -0.3 is 15.2 Å². The van der Waals surface area contributed by atoms with E-state index in [-0.39, 0.29) is 18.3 Å². The Morgan fingerprint density at radius 2 is 2.12 bits per heavy atom. The summed E-state index contributed by atoms with van der Waals surface area (Å²) in [7, 11) is 1.50. The molecule has 1 rings (SSSR count). The number of hydrogen-bond donors (Lipinski definition) is 1. The number of nitro groups is 1. The van der Waals surface area contributed by atoms with E-state index in [1.54, 1.807) is 6.92 Å². The smallest absolute Gasteiger partial charge is 0.372 e. The molecule has 8 heteroatoms. The molecule has 0 saturated carbocycles. The molecule has 1 aromatic heterocycles. The molecule has 0 aliphatic carbocycles. The van der Waals surface area contributed by atoms with Crippen LogP contribution < -0.4 is 10.5 Å². The van der Waals surface area contributed by atoms with E-state index in [2.05, 4.69) is 9.97 Å². The van der Waals surface area contributed by atoms with Crippen molar-refractivity contribution in [1.29, 1.82) is 0 Å². The number of ether oxygens (including phenoxy) is 2. The summed E-state index contributed by atoms with van der Waals surface area (Å²) in [6, 6.07) is 0. The van der Waals surface area contributed by atoms with Gasteiger partial charge in [-0.1, -0.05) is 0 Å². The van der Waals surface area contributed by atoms with Gasteiger partial charge in [0, 0.05) is 7.11 Å². The first-order valence-electron chi connectivity index (χ1n) is 4.46. The molecule has 1 aromatic rings. The summed E-state index contributed by atoms with van der Waals surface area (Å²) in [4.78, 5) is 17.6. The third kappa shape index (κ3) is 2.76. The van der Waals surface area contributed by atoms with Crippen LogP contribution in [0.2, 0.25) is 0 Å². The highest BCUT2D eigenvalue weighted by atomic mass is 16.6. The first-order chi connectivity index (χ1) is 7.56. The Labute approximate surface area is 91.6 Å². The molecule has 0 spiro atoms. The number of nitrogens with zero attached hydrogens (tertiary/aromatic N) is 3.